The second-order valence-corrected chi connectivity index (χ2v) is 14.7. The Kier molecular flexibility index (Phi) is 9.81. The Morgan fingerprint density at radius 2 is 2.04 bits per heavy atom. The van der Waals surface area contributed by atoms with Gasteiger partial charge in [0.15, 0.2) is 17.4 Å². The fraction of sp³-hybridized carbons (Fsp3) is 0.688. The molecule has 13 nitrogen and oxygen atoms in total. The molecule has 0 unspecified atom stereocenters. The molecule has 46 heavy (non-hydrogen) atoms. The van der Waals surface area contributed by atoms with Gasteiger partial charge in [-0.3, -0.25) is 0 Å². The summed E-state index contributed by atoms with van der Waals surface area (Å²) in [5.74, 6) is 2.66. The normalized spacial score (nSPS) is 25.3. The number of anilines is 2. The first-order chi connectivity index (χ1) is 22.1. The van der Waals surface area contributed by atoms with Crippen molar-refractivity contribution in [2.45, 2.75) is 87.3 Å². The summed E-state index contributed by atoms with van der Waals surface area (Å²) in [5, 5.41) is 14.1. The first kappa shape index (κ1) is 33.0. The number of piperidine rings is 1. The third kappa shape index (κ3) is 7.01. The van der Waals surface area contributed by atoms with Crippen LogP contribution in [0.5, 0.6) is 5.75 Å². The number of ether oxygens (including phenoxy) is 5. The van der Waals surface area contributed by atoms with E-state index in [-0.39, 0.29) is 30.2 Å². The number of amides is 1. The number of hydrogen-bond acceptors (Lipinski definition) is 13. The van der Waals surface area contributed by atoms with Crippen molar-refractivity contribution in [3.8, 4) is 5.75 Å². The molecule has 2 aromatic heterocycles. The number of aliphatic hydroxyl groups excluding tert-OH is 1. The van der Waals surface area contributed by atoms with Crippen LogP contribution >= 0.6 is 11.8 Å². The maximum atomic E-state index is 12.6. The van der Waals surface area contributed by atoms with Crippen molar-refractivity contribution in [1.29, 1.82) is 0 Å². The molecule has 0 aromatic carbocycles. The van der Waals surface area contributed by atoms with Crippen LogP contribution in [0.3, 0.4) is 0 Å². The Labute approximate surface area is 274 Å². The number of fused-ring (bicyclic) bond motifs is 3. The van der Waals surface area contributed by atoms with Gasteiger partial charge in [-0.15, -0.1) is 0 Å². The lowest BCUT2D eigenvalue weighted by Gasteiger charge is -2.43. The van der Waals surface area contributed by atoms with Crippen molar-refractivity contribution in [2.75, 3.05) is 63.2 Å². The van der Waals surface area contributed by atoms with Gasteiger partial charge in [-0.2, -0.15) is 0 Å². The van der Waals surface area contributed by atoms with Gasteiger partial charge in [0.2, 0.25) is 0 Å². The number of nitrogens with zero attached hydrogens (tertiary/aromatic N) is 5. The monoisotopic (exact) mass is 658 g/mol. The summed E-state index contributed by atoms with van der Waals surface area (Å²) in [6.45, 7) is 11.7. The number of aliphatic hydroxyl groups is 1. The molecule has 6 rings (SSSR count). The van der Waals surface area contributed by atoms with Gasteiger partial charge in [-0.25, -0.2) is 19.7 Å². The van der Waals surface area contributed by atoms with Crippen molar-refractivity contribution in [2.24, 2.45) is 11.3 Å². The number of carbonyl (C=O) groups is 1. The molecular formula is C32H46N6O7S. The number of rotatable bonds is 9. The number of aromatic nitrogens is 3. The molecule has 2 N–H and O–H groups in total. The van der Waals surface area contributed by atoms with Crippen LogP contribution in [0.15, 0.2) is 28.4 Å². The second kappa shape index (κ2) is 13.7. The largest absolute Gasteiger partial charge is 0.486 e. The molecule has 3 saturated heterocycles. The Morgan fingerprint density at radius 3 is 2.78 bits per heavy atom. The van der Waals surface area contributed by atoms with Gasteiger partial charge < -0.3 is 43.9 Å². The Balaban J connectivity index is 1.11. The number of pyridine rings is 1. The van der Waals surface area contributed by atoms with E-state index in [0.29, 0.717) is 62.2 Å². The van der Waals surface area contributed by atoms with Gasteiger partial charge >= 0.3 is 6.09 Å². The predicted octanol–water partition coefficient (Wildman–Crippen LogP) is 3.62. The highest BCUT2D eigenvalue weighted by atomic mass is 32.2. The quantitative estimate of drug-likeness (QED) is 0.300. The molecule has 6 heterocycles. The minimum atomic E-state index is -0.572. The number of nitrogens with one attached hydrogen (secondary N) is 1. The lowest BCUT2D eigenvalue weighted by Crippen LogP contribution is -2.55. The van der Waals surface area contributed by atoms with Gasteiger partial charge in [0.05, 0.1) is 49.1 Å². The van der Waals surface area contributed by atoms with Gasteiger partial charge in [-0.05, 0) is 53.0 Å². The molecule has 0 saturated carbocycles. The molecule has 0 radical (unpaired) electrons. The Hall–Kier alpha value is -2.91. The summed E-state index contributed by atoms with van der Waals surface area (Å²) in [5.41, 5.74) is -0.235. The van der Waals surface area contributed by atoms with Gasteiger partial charge in [0.1, 0.15) is 29.7 Å². The molecule has 0 aliphatic carbocycles. The van der Waals surface area contributed by atoms with Crippen molar-refractivity contribution in [3.63, 3.8) is 0 Å². The van der Waals surface area contributed by atoms with Gasteiger partial charge in [0, 0.05) is 44.3 Å². The topological polar surface area (TPSA) is 141 Å². The lowest BCUT2D eigenvalue weighted by atomic mass is 9.73. The molecule has 4 aliphatic rings. The van der Waals surface area contributed by atoms with Gasteiger partial charge in [0.25, 0.3) is 0 Å². The minimum absolute atomic E-state index is 0.112. The minimum Gasteiger partial charge on any atom is -0.486 e. The molecule has 4 atom stereocenters. The highest BCUT2D eigenvalue weighted by molar-refractivity contribution is 7.99. The first-order valence-electron chi connectivity index (χ1n) is 16.0. The highest BCUT2D eigenvalue weighted by Gasteiger charge is 2.51. The zero-order valence-corrected chi connectivity index (χ0v) is 28.2. The van der Waals surface area contributed by atoms with E-state index in [2.05, 4.69) is 20.1 Å². The van der Waals surface area contributed by atoms with E-state index in [9.17, 15) is 9.90 Å². The number of methoxy groups -OCH3 is 1. The van der Waals surface area contributed by atoms with Crippen LogP contribution in [-0.4, -0.2) is 103 Å². The molecule has 1 amide bonds. The summed E-state index contributed by atoms with van der Waals surface area (Å²) in [7, 11) is 1.63. The SMILES string of the molecule is COCOC[C@H]1C[C@H]2COc3c(Sc4cnc(N5CCC6(CC5)CO[C@@H](C)[C@H]6NC(=O)OC(C)(C)C)c(CO)n4)ccnc3N2C1. The smallest absolute Gasteiger partial charge is 0.407 e. The molecular weight excluding hydrogens is 612 g/mol. The van der Waals surface area contributed by atoms with E-state index >= 15 is 0 Å². The number of hydrogen-bond donors (Lipinski definition) is 2. The van der Waals surface area contributed by atoms with Crippen LogP contribution in [0, 0.1) is 11.3 Å². The van der Waals surface area contributed by atoms with Gasteiger partial charge in [-0.1, -0.05) is 11.8 Å². The van der Waals surface area contributed by atoms with Crippen LogP contribution in [0.1, 0.15) is 52.7 Å². The third-order valence-electron chi connectivity index (χ3n) is 9.26. The fourth-order valence-electron chi connectivity index (χ4n) is 7.11. The first-order valence-corrected chi connectivity index (χ1v) is 16.9. The van der Waals surface area contributed by atoms with Crippen molar-refractivity contribution < 1.29 is 33.6 Å². The zero-order chi connectivity index (χ0) is 32.5. The van der Waals surface area contributed by atoms with Crippen LogP contribution in [0.4, 0.5) is 16.4 Å². The third-order valence-corrected chi connectivity index (χ3v) is 10.2. The average molecular weight is 659 g/mol. The molecule has 4 aliphatic heterocycles. The predicted molar refractivity (Wildman–Crippen MR) is 171 cm³/mol. The summed E-state index contributed by atoms with van der Waals surface area (Å²) in [4.78, 5) is 32.3. The van der Waals surface area contributed by atoms with E-state index in [0.717, 1.165) is 42.3 Å². The lowest BCUT2D eigenvalue weighted by molar-refractivity contribution is -0.0414. The maximum Gasteiger partial charge on any atom is 0.407 e. The van der Waals surface area contributed by atoms with Crippen LogP contribution in [-0.2, 0) is 25.6 Å². The summed E-state index contributed by atoms with van der Waals surface area (Å²) < 4.78 is 28.5. The van der Waals surface area contributed by atoms with E-state index in [1.54, 1.807) is 19.5 Å². The van der Waals surface area contributed by atoms with Crippen molar-refractivity contribution in [1.82, 2.24) is 20.3 Å². The van der Waals surface area contributed by atoms with E-state index in [1.165, 1.54) is 11.8 Å². The molecule has 1 spiro atoms. The van der Waals surface area contributed by atoms with Crippen LogP contribution in [0.25, 0.3) is 0 Å². The molecule has 14 heteroatoms. The molecule has 252 valence electrons. The molecule has 2 aromatic rings. The summed E-state index contributed by atoms with van der Waals surface area (Å²) in [6.07, 6.45) is 5.62. The maximum absolute atomic E-state index is 12.6. The summed E-state index contributed by atoms with van der Waals surface area (Å²) in [6, 6.07) is 2.05. The van der Waals surface area contributed by atoms with Crippen LogP contribution in [0.2, 0.25) is 0 Å². The van der Waals surface area contributed by atoms with Crippen LogP contribution < -0.4 is 19.9 Å². The molecule has 0 bridgehead atoms. The second-order valence-electron chi connectivity index (χ2n) is 13.7. The van der Waals surface area contributed by atoms with E-state index in [4.69, 9.17) is 33.7 Å². The highest BCUT2D eigenvalue weighted by Crippen LogP contribution is 2.46. The fourth-order valence-corrected chi connectivity index (χ4v) is 7.97. The Bertz CT molecular complexity index is 1390. The summed E-state index contributed by atoms with van der Waals surface area (Å²) >= 11 is 1.46. The Morgan fingerprint density at radius 1 is 1.24 bits per heavy atom. The van der Waals surface area contributed by atoms with E-state index in [1.807, 2.05) is 33.8 Å². The number of carbonyl (C=O) groups excluding carboxylic acids is 1. The number of alkyl carbamates (subject to hydrolysis) is 1. The van der Waals surface area contributed by atoms with E-state index < -0.39 is 11.7 Å². The van der Waals surface area contributed by atoms with Crippen molar-refractivity contribution in [3.05, 3.63) is 24.2 Å². The molecule has 3 fully saturated rings. The standard InChI is InChI=1S/C32H46N6O7S/c1-20-27(36-30(40)45-31(2,3)4)32(18-44-20)7-10-37(11-8-32)28-23(15-39)35-25(13-34-28)46-24-6-9-33-29-26(24)43-17-22-12-21(14-38(22)29)16-42-19-41-5/h6,9,13,20-22,27,39H,7-8,10-12,14-19H2,1-5H3,(H,36,40)/t20-,21-,22-,27+/m0/s1. The van der Waals surface area contributed by atoms with Crippen molar-refractivity contribution >= 4 is 29.5 Å². The average Bonchev–Trinajstić information content (AvgIpc) is 3.58. The zero-order valence-electron chi connectivity index (χ0n) is 27.4.